The molecule has 0 N–H and O–H groups in total. The predicted molar refractivity (Wildman–Crippen MR) is 98.3 cm³/mol. The van der Waals surface area contributed by atoms with Crippen LogP contribution in [0.3, 0.4) is 0 Å². The molecule has 3 aromatic carbocycles. The molecule has 0 aliphatic rings. The average molecular weight is 371 g/mol. The molecule has 0 aliphatic heterocycles. The fourth-order valence-corrected chi connectivity index (χ4v) is 6.09. The Kier molecular flexibility index (Phi) is 4.33. The number of benzene rings is 3. The quantitative estimate of drug-likeness (QED) is 0.624. The van der Waals surface area contributed by atoms with Gasteiger partial charge in [0.1, 0.15) is 0 Å². The third kappa shape index (κ3) is 2.58. The summed E-state index contributed by atoms with van der Waals surface area (Å²) in [4.78, 5) is 0. The van der Waals surface area contributed by atoms with Gasteiger partial charge in [0.2, 0.25) is 0 Å². The van der Waals surface area contributed by atoms with Gasteiger partial charge in [-0.05, 0) is 18.6 Å². The zero-order valence-corrected chi connectivity index (χ0v) is 14.7. The normalized spacial score (nSPS) is 11.4. The van der Waals surface area contributed by atoms with Crippen molar-refractivity contribution in [2.75, 3.05) is 0 Å². The molecule has 0 atom stereocenters. The SMILES string of the molecule is Cc1c(Br)cccc1P(=O)(c1ccccc1)c1ccccc1. The van der Waals surface area contributed by atoms with E-state index in [0.29, 0.717) is 0 Å². The molecular formula is C19H16BrOP. The van der Waals surface area contributed by atoms with Crippen LogP contribution in [-0.4, -0.2) is 0 Å². The lowest BCUT2D eigenvalue weighted by Crippen LogP contribution is -2.26. The summed E-state index contributed by atoms with van der Waals surface area (Å²) in [5, 5.41) is 2.61. The summed E-state index contributed by atoms with van der Waals surface area (Å²) in [5.74, 6) is 0. The van der Waals surface area contributed by atoms with Crippen molar-refractivity contribution in [3.8, 4) is 0 Å². The fraction of sp³-hybridized carbons (Fsp3) is 0.0526. The largest absolute Gasteiger partial charge is 0.309 e. The van der Waals surface area contributed by atoms with Crippen LogP contribution in [-0.2, 0) is 4.57 Å². The molecule has 0 spiro atoms. The minimum atomic E-state index is -2.87. The summed E-state index contributed by atoms with van der Waals surface area (Å²) in [7, 11) is -2.87. The van der Waals surface area contributed by atoms with E-state index in [9.17, 15) is 4.57 Å². The summed E-state index contributed by atoms with van der Waals surface area (Å²) < 4.78 is 15.2. The molecule has 3 rings (SSSR count). The van der Waals surface area contributed by atoms with E-state index in [1.807, 2.05) is 85.8 Å². The minimum absolute atomic E-state index is 0.863. The molecular weight excluding hydrogens is 355 g/mol. The highest BCUT2D eigenvalue weighted by atomic mass is 79.9. The van der Waals surface area contributed by atoms with Gasteiger partial charge in [-0.1, -0.05) is 88.7 Å². The third-order valence-corrected chi connectivity index (χ3v) is 7.89. The van der Waals surface area contributed by atoms with Crippen molar-refractivity contribution in [1.82, 2.24) is 0 Å². The molecule has 0 fully saturated rings. The van der Waals surface area contributed by atoms with Crippen molar-refractivity contribution in [1.29, 1.82) is 0 Å². The van der Waals surface area contributed by atoms with Gasteiger partial charge in [-0.25, -0.2) is 0 Å². The molecule has 0 aromatic heterocycles. The Morgan fingerprint density at radius 3 is 1.73 bits per heavy atom. The molecule has 1 nitrogen and oxygen atoms in total. The van der Waals surface area contributed by atoms with E-state index in [1.165, 1.54) is 0 Å². The standard InChI is InChI=1S/C19H16BrOP/c1-15-18(20)13-8-14-19(15)22(21,16-9-4-2-5-10-16)17-11-6-3-7-12-17/h2-14H,1H3. The Balaban J connectivity index is 2.34. The highest BCUT2D eigenvalue weighted by Gasteiger charge is 2.31. The second-order valence-electron chi connectivity index (χ2n) is 5.16. The molecule has 0 unspecified atom stereocenters. The second kappa shape index (κ2) is 6.24. The fourth-order valence-electron chi connectivity index (χ4n) is 2.64. The smallest absolute Gasteiger partial charge is 0.171 e. The Labute approximate surface area is 139 Å². The summed E-state index contributed by atoms with van der Waals surface area (Å²) in [6.45, 7) is 2.01. The van der Waals surface area contributed by atoms with E-state index in [0.717, 1.165) is 25.9 Å². The van der Waals surface area contributed by atoms with Gasteiger partial charge in [-0.15, -0.1) is 0 Å². The van der Waals surface area contributed by atoms with Crippen LogP contribution < -0.4 is 15.9 Å². The highest BCUT2D eigenvalue weighted by Crippen LogP contribution is 2.43. The van der Waals surface area contributed by atoms with Gasteiger partial charge >= 0.3 is 0 Å². The van der Waals surface area contributed by atoms with Gasteiger partial charge < -0.3 is 4.57 Å². The monoisotopic (exact) mass is 370 g/mol. The van der Waals surface area contributed by atoms with Crippen LogP contribution in [0.2, 0.25) is 0 Å². The Bertz CT molecular complexity index is 785. The van der Waals surface area contributed by atoms with Crippen LogP contribution in [0.25, 0.3) is 0 Å². The summed E-state index contributed by atoms with van der Waals surface area (Å²) >= 11 is 3.56. The first-order valence-corrected chi connectivity index (χ1v) is 9.61. The zero-order chi connectivity index (χ0) is 15.6. The molecule has 0 heterocycles. The third-order valence-electron chi connectivity index (χ3n) is 3.82. The molecule has 110 valence electrons. The van der Waals surface area contributed by atoms with Crippen molar-refractivity contribution in [3.63, 3.8) is 0 Å². The van der Waals surface area contributed by atoms with Crippen LogP contribution >= 0.6 is 23.1 Å². The lowest BCUT2D eigenvalue weighted by Gasteiger charge is -2.22. The van der Waals surface area contributed by atoms with Crippen molar-refractivity contribution >= 4 is 39.0 Å². The van der Waals surface area contributed by atoms with E-state index >= 15 is 0 Å². The van der Waals surface area contributed by atoms with Crippen LogP contribution in [0.15, 0.2) is 83.3 Å². The van der Waals surface area contributed by atoms with Crippen LogP contribution in [0.4, 0.5) is 0 Å². The van der Waals surface area contributed by atoms with Crippen LogP contribution in [0, 0.1) is 6.92 Å². The van der Waals surface area contributed by atoms with Crippen molar-refractivity contribution in [3.05, 3.63) is 88.9 Å². The maximum atomic E-state index is 14.2. The molecule has 0 bridgehead atoms. The van der Waals surface area contributed by atoms with Gasteiger partial charge in [-0.2, -0.15) is 0 Å². The average Bonchev–Trinajstić information content (AvgIpc) is 2.58. The zero-order valence-electron chi connectivity index (χ0n) is 12.2. The molecule has 0 saturated heterocycles. The van der Waals surface area contributed by atoms with Gasteiger partial charge in [0.05, 0.1) is 0 Å². The topological polar surface area (TPSA) is 17.1 Å². The molecule has 22 heavy (non-hydrogen) atoms. The van der Waals surface area contributed by atoms with Crippen molar-refractivity contribution < 1.29 is 4.57 Å². The minimum Gasteiger partial charge on any atom is -0.309 e. The number of hydrogen-bond acceptors (Lipinski definition) is 1. The van der Waals surface area contributed by atoms with E-state index in [4.69, 9.17) is 0 Å². The van der Waals surface area contributed by atoms with Crippen molar-refractivity contribution in [2.24, 2.45) is 0 Å². The van der Waals surface area contributed by atoms with Crippen molar-refractivity contribution in [2.45, 2.75) is 6.92 Å². The van der Waals surface area contributed by atoms with E-state index in [2.05, 4.69) is 15.9 Å². The maximum absolute atomic E-state index is 14.2. The Hall–Kier alpha value is -1.63. The van der Waals surface area contributed by atoms with Crippen LogP contribution in [0.1, 0.15) is 5.56 Å². The molecule has 0 amide bonds. The molecule has 0 aliphatic carbocycles. The predicted octanol–water partition coefficient (Wildman–Crippen LogP) is 4.40. The summed E-state index contributed by atoms with van der Waals surface area (Å²) in [5.41, 5.74) is 1.03. The number of hydrogen-bond donors (Lipinski definition) is 0. The lowest BCUT2D eigenvalue weighted by atomic mass is 10.2. The summed E-state index contributed by atoms with van der Waals surface area (Å²) in [6.07, 6.45) is 0. The first kappa shape index (κ1) is 15.3. The van der Waals surface area contributed by atoms with E-state index < -0.39 is 7.14 Å². The Morgan fingerprint density at radius 2 is 1.23 bits per heavy atom. The number of rotatable bonds is 3. The first-order chi connectivity index (χ1) is 10.6. The van der Waals surface area contributed by atoms with E-state index in [-0.39, 0.29) is 0 Å². The highest BCUT2D eigenvalue weighted by molar-refractivity contribution is 9.10. The Morgan fingerprint density at radius 1 is 0.727 bits per heavy atom. The lowest BCUT2D eigenvalue weighted by molar-refractivity contribution is 0.592. The number of halogens is 1. The van der Waals surface area contributed by atoms with Gasteiger partial charge in [0.25, 0.3) is 0 Å². The van der Waals surface area contributed by atoms with Gasteiger partial charge in [0.15, 0.2) is 7.14 Å². The molecule has 3 aromatic rings. The van der Waals surface area contributed by atoms with Gasteiger partial charge in [-0.3, -0.25) is 0 Å². The first-order valence-electron chi connectivity index (χ1n) is 7.11. The molecule has 3 heteroatoms. The van der Waals surface area contributed by atoms with Crippen LogP contribution in [0.5, 0.6) is 0 Å². The second-order valence-corrected chi connectivity index (χ2v) is 8.75. The molecule has 0 saturated carbocycles. The van der Waals surface area contributed by atoms with Gasteiger partial charge in [0, 0.05) is 20.4 Å². The maximum Gasteiger partial charge on any atom is 0.171 e. The van der Waals surface area contributed by atoms with E-state index in [1.54, 1.807) is 0 Å². The summed E-state index contributed by atoms with van der Waals surface area (Å²) in [6, 6.07) is 25.4. The molecule has 0 radical (unpaired) electrons.